The molecule has 0 saturated heterocycles. The van der Waals surface area contributed by atoms with E-state index in [4.69, 9.17) is 5.26 Å². The Morgan fingerprint density at radius 1 is 1.47 bits per heavy atom. The molecule has 0 bridgehead atoms. The van der Waals surface area contributed by atoms with Gasteiger partial charge in [0.1, 0.15) is 16.6 Å². The van der Waals surface area contributed by atoms with E-state index in [1.807, 2.05) is 6.92 Å². The van der Waals surface area contributed by atoms with Crippen molar-refractivity contribution < 1.29 is 0 Å². The molecule has 1 aromatic rings. The maximum absolute atomic E-state index is 9.12. The van der Waals surface area contributed by atoms with Crippen molar-refractivity contribution in [1.29, 1.82) is 5.26 Å². The number of nitriles is 1. The van der Waals surface area contributed by atoms with Gasteiger partial charge >= 0.3 is 0 Å². The van der Waals surface area contributed by atoms with Crippen LogP contribution in [0.1, 0.15) is 50.3 Å². The van der Waals surface area contributed by atoms with Gasteiger partial charge in [0, 0.05) is 6.04 Å². The summed E-state index contributed by atoms with van der Waals surface area (Å²) in [5.74, 6) is 0.748. The number of hydrogen-bond donors (Lipinski definition) is 1. The highest BCUT2D eigenvalue weighted by molar-refractivity contribution is 7.10. The number of anilines is 1. The average molecular weight is 249 g/mol. The Morgan fingerprint density at radius 2 is 2.24 bits per heavy atom. The molecule has 1 fully saturated rings. The summed E-state index contributed by atoms with van der Waals surface area (Å²) in [6, 6.07) is 2.78. The van der Waals surface area contributed by atoms with Gasteiger partial charge in [0.15, 0.2) is 0 Å². The van der Waals surface area contributed by atoms with E-state index in [1.165, 1.54) is 43.6 Å². The lowest BCUT2D eigenvalue weighted by molar-refractivity contribution is 0.317. The van der Waals surface area contributed by atoms with Crippen LogP contribution in [0.5, 0.6) is 0 Å². The van der Waals surface area contributed by atoms with Crippen molar-refractivity contribution in [2.45, 2.75) is 52.0 Å². The highest BCUT2D eigenvalue weighted by atomic mass is 32.1. The number of nitrogens with one attached hydrogen (secondary N) is 1. The number of rotatable bonds is 3. The number of aryl methyl sites for hydroxylation is 1. The summed E-state index contributed by atoms with van der Waals surface area (Å²) < 4.78 is 4.26. The summed E-state index contributed by atoms with van der Waals surface area (Å²) in [6.45, 7) is 4.16. The van der Waals surface area contributed by atoms with E-state index >= 15 is 0 Å². The fraction of sp³-hybridized carbons (Fsp3) is 0.692. The van der Waals surface area contributed by atoms with Gasteiger partial charge in [-0.25, -0.2) is 0 Å². The fourth-order valence-corrected chi connectivity index (χ4v) is 3.46. The first-order chi connectivity index (χ1) is 8.26. The quantitative estimate of drug-likeness (QED) is 0.888. The van der Waals surface area contributed by atoms with Crippen LogP contribution >= 0.6 is 11.5 Å². The first-order valence-electron chi connectivity index (χ1n) is 6.39. The molecule has 1 aliphatic carbocycles. The molecule has 0 radical (unpaired) electrons. The summed E-state index contributed by atoms with van der Waals surface area (Å²) >= 11 is 1.42. The summed E-state index contributed by atoms with van der Waals surface area (Å²) in [6.07, 6.45) is 6.41. The van der Waals surface area contributed by atoms with Crippen molar-refractivity contribution in [3.8, 4) is 6.07 Å². The molecule has 17 heavy (non-hydrogen) atoms. The van der Waals surface area contributed by atoms with Gasteiger partial charge in [-0.2, -0.15) is 9.64 Å². The molecular formula is C13H19N3S. The van der Waals surface area contributed by atoms with E-state index in [0.717, 1.165) is 22.2 Å². The third-order valence-electron chi connectivity index (χ3n) is 3.72. The van der Waals surface area contributed by atoms with Gasteiger partial charge in [-0.3, -0.25) is 0 Å². The normalized spacial score (nSPS) is 24.3. The Morgan fingerprint density at radius 3 is 2.94 bits per heavy atom. The summed E-state index contributed by atoms with van der Waals surface area (Å²) in [4.78, 5) is 0. The van der Waals surface area contributed by atoms with Crippen LogP contribution in [0.4, 0.5) is 5.00 Å². The topological polar surface area (TPSA) is 48.7 Å². The highest BCUT2D eigenvalue weighted by Gasteiger charge is 2.25. The minimum atomic E-state index is 0.528. The Balaban J connectivity index is 2.11. The fourth-order valence-electron chi connectivity index (χ4n) is 2.65. The minimum absolute atomic E-state index is 0.528. The molecule has 92 valence electrons. The molecule has 2 unspecified atom stereocenters. The van der Waals surface area contributed by atoms with Crippen molar-refractivity contribution in [1.82, 2.24) is 4.37 Å². The Kier molecular flexibility index (Phi) is 4.01. The van der Waals surface area contributed by atoms with Gasteiger partial charge < -0.3 is 5.32 Å². The van der Waals surface area contributed by atoms with Crippen molar-refractivity contribution in [3.05, 3.63) is 11.3 Å². The van der Waals surface area contributed by atoms with E-state index in [1.54, 1.807) is 0 Å². The van der Waals surface area contributed by atoms with Crippen molar-refractivity contribution >= 4 is 16.5 Å². The van der Waals surface area contributed by atoms with E-state index in [2.05, 4.69) is 22.7 Å². The van der Waals surface area contributed by atoms with E-state index < -0.39 is 0 Å². The van der Waals surface area contributed by atoms with Crippen LogP contribution in [0.3, 0.4) is 0 Å². The smallest absolute Gasteiger partial charge is 0.127 e. The lowest BCUT2D eigenvalue weighted by atomic mass is 9.83. The van der Waals surface area contributed by atoms with Gasteiger partial charge in [-0.1, -0.05) is 26.2 Å². The number of hydrogen-bond acceptors (Lipinski definition) is 4. The first-order valence-corrected chi connectivity index (χ1v) is 7.16. The lowest BCUT2D eigenvalue weighted by Gasteiger charge is -2.31. The molecule has 0 amide bonds. The zero-order chi connectivity index (χ0) is 12.3. The molecule has 1 saturated carbocycles. The van der Waals surface area contributed by atoms with Gasteiger partial charge in [0.25, 0.3) is 0 Å². The Labute approximate surface area is 107 Å². The third kappa shape index (κ3) is 2.61. The van der Waals surface area contributed by atoms with Gasteiger partial charge in [0.05, 0.1) is 5.69 Å². The Hall–Kier alpha value is -1.08. The SMILES string of the molecule is CCC1CCCCC1Nc1snc(C)c1C#N. The summed E-state index contributed by atoms with van der Waals surface area (Å²) in [7, 11) is 0. The molecule has 2 atom stereocenters. The molecule has 1 aliphatic rings. The highest BCUT2D eigenvalue weighted by Crippen LogP contribution is 2.32. The van der Waals surface area contributed by atoms with Crippen LogP contribution in [0, 0.1) is 24.2 Å². The van der Waals surface area contributed by atoms with Gasteiger partial charge in [-0.05, 0) is 37.2 Å². The maximum atomic E-state index is 9.12. The van der Waals surface area contributed by atoms with Gasteiger partial charge in [-0.15, -0.1) is 0 Å². The average Bonchev–Trinajstić information content (AvgIpc) is 2.70. The second-order valence-electron chi connectivity index (χ2n) is 4.79. The van der Waals surface area contributed by atoms with Crippen molar-refractivity contribution in [2.24, 2.45) is 5.92 Å². The van der Waals surface area contributed by atoms with Gasteiger partial charge in [0.2, 0.25) is 0 Å². The second-order valence-corrected chi connectivity index (χ2v) is 5.56. The molecule has 0 spiro atoms. The predicted octanol–water partition coefficient (Wildman–Crippen LogP) is 3.70. The number of nitrogens with zero attached hydrogens (tertiary/aromatic N) is 2. The Bertz CT molecular complexity index is 419. The molecule has 4 heteroatoms. The molecule has 1 N–H and O–H groups in total. The summed E-state index contributed by atoms with van der Waals surface area (Å²) in [5, 5.41) is 13.6. The zero-order valence-corrected chi connectivity index (χ0v) is 11.3. The second kappa shape index (κ2) is 5.50. The predicted molar refractivity (Wildman–Crippen MR) is 71.2 cm³/mol. The van der Waals surface area contributed by atoms with Crippen molar-refractivity contribution in [3.63, 3.8) is 0 Å². The zero-order valence-electron chi connectivity index (χ0n) is 10.5. The van der Waals surface area contributed by atoms with Crippen LogP contribution in [0.15, 0.2) is 0 Å². The first kappa shape index (κ1) is 12.4. The molecular weight excluding hydrogens is 230 g/mol. The number of aromatic nitrogens is 1. The largest absolute Gasteiger partial charge is 0.372 e. The van der Waals surface area contributed by atoms with E-state index in [9.17, 15) is 0 Å². The van der Waals surface area contributed by atoms with Crippen LogP contribution in [-0.4, -0.2) is 10.4 Å². The molecule has 0 aliphatic heterocycles. The van der Waals surface area contributed by atoms with Crippen LogP contribution in [0.25, 0.3) is 0 Å². The van der Waals surface area contributed by atoms with Crippen LogP contribution in [0.2, 0.25) is 0 Å². The standard InChI is InChI=1S/C13H19N3S/c1-3-10-6-4-5-7-12(10)15-13-11(8-14)9(2)16-17-13/h10,12,15H,3-7H2,1-2H3. The lowest BCUT2D eigenvalue weighted by Crippen LogP contribution is -2.31. The third-order valence-corrected chi connectivity index (χ3v) is 4.59. The molecule has 3 nitrogen and oxygen atoms in total. The minimum Gasteiger partial charge on any atom is -0.372 e. The van der Waals surface area contributed by atoms with E-state index in [0.29, 0.717) is 6.04 Å². The van der Waals surface area contributed by atoms with Crippen molar-refractivity contribution in [2.75, 3.05) is 5.32 Å². The molecule has 0 aromatic carbocycles. The molecule has 2 rings (SSSR count). The van der Waals surface area contributed by atoms with E-state index in [-0.39, 0.29) is 0 Å². The monoisotopic (exact) mass is 249 g/mol. The van der Waals surface area contributed by atoms with Crippen LogP contribution in [-0.2, 0) is 0 Å². The maximum Gasteiger partial charge on any atom is 0.127 e. The molecule has 1 aromatic heterocycles. The summed E-state index contributed by atoms with van der Waals surface area (Å²) in [5.41, 5.74) is 1.58. The van der Waals surface area contributed by atoms with Crippen LogP contribution < -0.4 is 5.32 Å². The molecule has 1 heterocycles.